The molecule has 1 heterocycles. The molecular formula is C16H25N5. The molecule has 0 aliphatic rings. The van der Waals surface area contributed by atoms with Gasteiger partial charge in [0.1, 0.15) is 0 Å². The molecule has 0 radical (unpaired) electrons. The van der Waals surface area contributed by atoms with Crippen molar-refractivity contribution in [3.05, 3.63) is 23.8 Å². The summed E-state index contributed by atoms with van der Waals surface area (Å²) in [6.45, 7) is 5.15. The Labute approximate surface area is 126 Å². The molecule has 1 aromatic carbocycles. The van der Waals surface area contributed by atoms with E-state index in [0.717, 1.165) is 35.6 Å². The van der Waals surface area contributed by atoms with Crippen molar-refractivity contribution in [3.8, 4) is 11.4 Å². The number of anilines is 1. The van der Waals surface area contributed by atoms with Gasteiger partial charge in [-0.05, 0) is 47.5 Å². The lowest BCUT2D eigenvalue weighted by molar-refractivity contribution is 0.519. The summed E-state index contributed by atoms with van der Waals surface area (Å²) in [6, 6.07) is 5.85. The van der Waals surface area contributed by atoms with Crippen molar-refractivity contribution >= 4 is 5.69 Å². The van der Waals surface area contributed by atoms with E-state index >= 15 is 0 Å². The number of aromatic nitrogens is 4. The molecule has 21 heavy (non-hydrogen) atoms. The lowest BCUT2D eigenvalue weighted by atomic mass is 10.1. The van der Waals surface area contributed by atoms with Gasteiger partial charge in [0, 0.05) is 17.8 Å². The molecule has 0 saturated carbocycles. The first kappa shape index (κ1) is 15.5. The van der Waals surface area contributed by atoms with Crippen LogP contribution in [0.25, 0.3) is 11.4 Å². The number of hydrogen-bond acceptors (Lipinski definition) is 4. The summed E-state index contributed by atoms with van der Waals surface area (Å²) in [5, 5.41) is 12.1. The topological polar surface area (TPSA) is 69.6 Å². The number of rotatable bonds is 8. The standard InChI is InChI=1S/C16H25N5/c1-3-4-5-6-7-8-11-21-16(18-19-20-21)15-10-9-14(17)12-13(15)2/h9-10,12H,3-8,11,17H2,1-2H3. The molecule has 0 aliphatic carbocycles. The van der Waals surface area contributed by atoms with E-state index < -0.39 is 0 Å². The summed E-state index contributed by atoms with van der Waals surface area (Å²) in [7, 11) is 0. The Bertz CT molecular complexity index is 562. The average molecular weight is 287 g/mol. The van der Waals surface area contributed by atoms with Crippen molar-refractivity contribution in [3.63, 3.8) is 0 Å². The summed E-state index contributed by atoms with van der Waals surface area (Å²) in [5.41, 5.74) is 8.73. The van der Waals surface area contributed by atoms with E-state index in [1.54, 1.807) is 0 Å². The average Bonchev–Trinajstić information content (AvgIpc) is 2.91. The van der Waals surface area contributed by atoms with Crippen LogP contribution >= 0.6 is 0 Å². The normalized spacial score (nSPS) is 11.0. The quantitative estimate of drug-likeness (QED) is 0.595. The summed E-state index contributed by atoms with van der Waals surface area (Å²) in [4.78, 5) is 0. The van der Waals surface area contributed by atoms with Gasteiger partial charge in [0.25, 0.3) is 0 Å². The molecule has 114 valence electrons. The highest BCUT2D eigenvalue weighted by Gasteiger charge is 2.11. The van der Waals surface area contributed by atoms with E-state index in [1.165, 1.54) is 32.1 Å². The Morgan fingerprint density at radius 3 is 2.62 bits per heavy atom. The van der Waals surface area contributed by atoms with Crippen LogP contribution in [0.3, 0.4) is 0 Å². The van der Waals surface area contributed by atoms with Crippen LogP contribution in [0.4, 0.5) is 5.69 Å². The molecule has 0 spiro atoms. The Morgan fingerprint density at radius 2 is 1.86 bits per heavy atom. The molecule has 5 nitrogen and oxygen atoms in total. The van der Waals surface area contributed by atoms with Crippen LogP contribution in [0, 0.1) is 6.92 Å². The highest BCUT2D eigenvalue weighted by molar-refractivity contribution is 5.63. The zero-order valence-electron chi connectivity index (χ0n) is 13.0. The van der Waals surface area contributed by atoms with Gasteiger partial charge in [0.2, 0.25) is 0 Å². The molecule has 0 atom stereocenters. The third-order valence-electron chi connectivity index (χ3n) is 3.75. The van der Waals surface area contributed by atoms with Gasteiger partial charge in [-0.25, -0.2) is 4.68 Å². The molecule has 0 fully saturated rings. The number of nitrogen functional groups attached to an aromatic ring is 1. The SMILES string of the molecule is CCCCCCCCn1nnnc1-c1ccc(N)cc1C. The zero-order chi connectivity index (χ0) is 15.1. The summed E-state index contributed by atoms with van der Waals surface area (Å²) >= 11 is 0. The monoisotopic (exact) mass is 287 g/mol. The Morgan fingerprint density at radius 1 is 1.10 bits per heavy atom. The maximum atomic E-state index is 5.80. The van der Waals surface area contributed by atoms with Crippen LogP contribution < -0.4 is 5.73 Å². The number of nitrogens with two attached hydrogens (primary N) is 1. The van der Waals surface area contributed by atoms with Gasteiger partial charge in [-0.15, -0.1) is 5.10 Å². The molecule has 0 amide bonds. The first-order valence-corrected chi connectivity index (χ1v) is 7.85. The maximum absolute atomic E-state index is 5.80. The summed E-state index contributed by atoms with van der Waals surface area (Å²) in [5.74, 6) is 0.834. The number of benzene rings is 1. The predicted octanol–water partition coefficient (Wildman–Crippen LogP) is 3.59. The van der Waals surface area contributed by atoms with Gasteiger partial charge in [0.05, 0.1) is 0 Å². The molecule has 0 saturated heterocycles. The van der Waals surface area contributed by atoms with E-state index in [0.29, 0.717) is 0 Å². The van der Waals surface area contributed by atoms with E-state index in [2.05, 4.69) is 22.4 Å². The van der Waals surface area contributed by atoms with Crippen molar-refractivity contribution < 1.29 is 0 Å². The number of nitrogens with zero attached hydrogens (tertiary/aromatic N) is 4. The van der Waals surface area contributed by atoms with Crippen LogP contribution in [0.15, 0.2) is 18.2 Å². The minimum absolute atomic E-state index is 0.770. The number of hydrogen-bond donors (Lipinski definition) is 1. The molecule has 2 N–H and O–H groups in total. The van der Waals surface area contributed by atoms with E-state index in [-0.39, 0.29) is 0 Å². The van der Waals surface area contributed by atoms with Crippen LogP contribution in [0.5, 0.6) is 0 Å². The van der Waals surface area contributed by atoms with Crippen molar-refractivity contribution in [1.82, 2.24) is 20.2 Å². The van der Waals surface area contributed by atoms with E-state index in [1.807, 2.05) is 29.8 Å². The van der Waals surface area contributed by atoms with Gasteiger partial charge in [-0.2, -0.15) is 0 Å². The number of tetrazole rings is 1. The van der Waals surface area contributed by atoms with Crippen molar-refractivity contribution in [2.45, 2.75) is 58.9 Å². The van der Waals surface area contributed by atoms with Gasteiger partial charge in [0.15, 0.2) is 5.82 Å². The highest BCUT2D eigenvalue weighted by Crippen LogP contribution is 2.22. The minimum Gasteiger partial charge on any atom is -0.399 e. The third kappa shape index (κ3) is 4.28. The van der Waals surface area contributed by atoms with E-state index in [9.17, 15) is 0 Å². The van der Waals surface area contributed by atoms with Crippen LogP contribution in [0.2, 0.25) is 0 Å². The smallest absolute Gasteiger partial charge is 0.182 e. The minimum atomic E-state index is 0.770. The Balaban J connectivity index is 1.95. The highest BCUT2D eigenvalue weighted by atomic mass is 15.5. The van der Waals surface area contributed by atoms with Crippen molar-refractivity contribution in [2.24, 2.45) is 0 Å². The fourth-order valence-corrected chi connectivity index (χ4v) is 2.53. The molecule has 0 unspecified atom stereocenters. The summed E-state index contributed by atoms with van der Waals surface area (Å²) < 4.78 is 1.90. The second-order valence-electron chi connectivity index (χ2n) is 5.57. The Kier molecular flexibility index (Phi) is 5.72. The van der Waals surface area contributed by atoms with Gasteiger partial charge in [-0.1, -0.05) is 39.0 Å². The molecule has 0 bridgehead atoms. The molecule has 2 rings (SSSR count). The largest absolute Gasteiger partial charge is 0.399 e. The van der Waals surface area contributed by atoms with Crippen LogP contribution in [-0.4, -0.2) is 20.2 Å². The second-order valence-corrected chi connectivity index (χ2v) is 5.57. The van der Waals surface area contributed by atoms with Crippen LogP contribution in [-0.2, 0) is 6.54 Å². The first-order chi connectivity index (χ1) is 10.2. The Hall–Kier alpha value is -1.91. The van der Waals surface area contributed by atoms with Crippen molar-refractivity contribution in [1.29, 1.82) is 0 Å². The first-order valence-electron chi connectivity index (χ1n) is 7.85. The molecular weight excluding hydrogens is 262 g/mol. The van der Waals surface area contributed by atoms with Crippen LogP contribution in [0.1, 0.15) is 51.0 Å². The molecule has 2 aromatic rings. The third-order valence-corrected chi connectivity index (χ3v) is 3.75. The van der Waals surface area contributed by atoms with Gasteiger partial charge >= 0.3 is 0 Å². The van der Waals surface area contributed by atoms with Gasteiger partial charge in [-0.3, -0.25) is 0 Å². The van der Waals surface area contributed by atoms with E-state index in [4.69, 9.17) is 5.73 Å². The van der Waals surface area contributed by atoms with Crippen molar-refractivity contribution in [2.75, 3.05) is 5.73 Å². The maximum Gasteiger partial charge on any atom is 0.182 e. The number of aryl methyl sites for hydroxylation is 2. The lowest BCUT2D eigenvalue weighted by Gasteiger charge is -2.08. The fraction of sp³-hybridized carbons (Fsp3) is 0.562. The molecule has 5 heteroatoms. The fourth-order valence-electron chi connectivity index (χ4n) is 2.53. The molecule has 0 aliphatic heterocycles. The summed E-state index contributed by atoms with van der Waals surface area (Å²) in [6.07, 6.45) is 7.60. The second kappa shape index (κ2) is 7.76. The predicted molar refractivity (Wildman–Crippen MR) is 85.8 cm³/mol. The number of unbranched alkanes of at least 4 members (excludes halogenated alkanes) is 5. The zero-order valence-corrected chi connectivity index (χ0v) is 13.0. The lowest BCUT2D eigenvalue weighted by Crippen LogP contribution is -2.04. The van der Waals surface area contributed by atoms with Gasteiger partial charge < -0.3 is 5.73 Å². The molecule has 1 aromatic heterocycles.